The molecule has 0 amide bonds. The molecule has 1 atom stereocenters. The lowest BCUT2D eigenvalue weighted by Gasteiger charge is -2.42. The minimum atomic E-state index is -1.68. The van der Waals surface area contributed by atoms with Gasteiger partial charge in [-0.3, -0.25) is 0 Å². The van der Waals surface area contributed by atoms with Gasteiger partial charge in [-0.25, -0.2) is 0 Å². The molecule has 0 fully saturated rings. The van der Waals surface area contributed by atoms with Crippen molar-refractivity contribution in [3.8, 4) is 0 Å². The molecule has 100 valence electrons. The van der Waals surface area contributed by atoms with Crippen molar-refractivity contribution in [1.29, 1.82) is 0 Å². The predicted molar refractivity (Wildman–Crippen MR) is 80.9 cm³/mol. The van der Waals surface area contributed by atoms with Crippen LogP contribution in [-0.2, 0) is 4.43 Å². The zero-order valence-corrected chi connectivity index (χ0v) is 13.9. The maximum Gasteiger partial charge on any atom is 0.192 e. The van der Waals surface area contributed by atoms with Gasteiger partial charge in [0.15, 0.2) is 8.32 Å². The maximum absolute atomic E-state index is 6.42. The standard InChI is InChI=1S/C15H30OSi/c1-10-11-12-15(6,7)13(2)16-17(8,9)14(3,4)5/h10-13H,1H2,2-9H3/b12-11+. The van der Waals surface area contributed by atoms with Crippen molar-refractivity contribution in [2.45, 2.75) is 65.8 Å². The molecule has 0 heterocycles. The van der Waals surface area contributed by atoms with Crippen LogP contribution in [0.25, 0.3) is 0 Å². The Morgan fingerprint density at radius 2 is 1.59 bits per heavy atom. The average molecular weight is 254 g/mol. The molecule has 0 aromatic heterocycles. The summed E-state index contributed by atoms with van der Waals surface area (Å²) in [5.74, 6) is 0. The summed E-state index contributed by atoms with van der Waals surface area (Å²) in [6, 6.07) is 0. The van der Waals surface area contributed by atoms with Crippen LogP contribution in [0.4, 0.5) is 0 Å². The van der Waals surface area contributed by atoms with Crippen molar-refractivity contribution in [3.05, 3.63) is 24.8 Å². The molecule has 0 aliphatic rings. The highest BCUT2D eigenvalue weighted by Gasteiger charge is 2.40. The van der Waals surface area contributed by atoms with Crippen LogP contribution in [0.15, 0.2) is 24.8 Å². The van der Waals surface area contributed by atoms with Crippen LogP contribution in [0.3, 0.4) is 0 Å². The fraction of sp³-hybridized carbons (Fsp3) is 0.733. The summed E-state index contributed by atoms with van der Waals surface area (Å²) in [7, 11) is -1.68. The summed E-state index contributed by atoms with van der Waals surface area (Å²) in [5.41, 5.74) is 0.0453. The molecule has 1 nitrogen and oxygen atoms in total. The van der Waals surface area contributed by atoms with Gasteiger partial charge in [-0.2, -0.15) is 0 Å². The molecule has 0 radical (unpaired) electrons. The van der Waals surface area contributed by atoms with E-state index in [1.807, 2.05) is 12.2 Å². The lowest BCUT2D eigenvalue weighted by atomic mass is 9.87. The molecule has 0 N–H and O–H groups in total. The molecule has 1 unspecified atom stereocenters. The molecule has 0 aromatic carbocycles. The van der Waals surface area contributed by atoms with E-state index in [4.69, 9.17) is 4.43 Å². The highest BCUT2D eigenvalue weighted by atomic mass is 28.4. The fourth-order valence-corrected chi connectivity index (χ4v) is 2.76. The van der Waals surface area contributed by atoms with E-state index in [0.29, 0.717) is 0 Å². The van der Waals surface area contributed by atoms with E-state index < -0.39 is 8.32 Å². The Balaban J connectivity index is 4.80. The smallest absolute Gasteiger partial charge is 0.192 e. The second-order valence-electron chi connectivity index (χ2n) is 6.94. The monoisotopic (exact) mass is 254 g/mol. The van der Waals surface area contributed by atoms with Gasteiger partial charge < -0.3 is 4.43 Å². The van der Waals surface area contributed by atoms with Crippen molar-refractivity contribution in [3.63, 3.8) is 0 Å². The van der Waals surface area contributed by atoms with E-state index >= 15 is 0 Å². The summed E-state index contributed by atoms with van der Waals surface area (Å²) in [6.07, 6.45) is 6.23. The third-order valence-electron chi connectivity index (χ3n) is 3.99. The summed E-state index contributed by atoms with van der Waals surface area (Å²) < 4.78 is 6.42. The summed E-state index contributed by atoms with van der Waals surface area (Å²) in [6.45, 7) is 21.8. The Morgan fingerprint density at radius 1 is 1.12 bits per heavy atom. The van der Waals surface area contributed by atoms with Gasteiger partial charge in [-0.05, 0) is 25.1 Å². The molecule has 0 spiro atoms. The lowest BCUT2D eigenvalue weighted by Crippen LogP contribution is -2.46. The second kappa shape index (κ2) is 5.53. The Morgan fingerprint density at radius 3 is 1.94 bits per heavy atom. The average Bonchev–Trinajstić information content (AvgIpc) is 2.12. The molecule has 17 heavy (non-hydrogen) atoms. The van der Waals surface area contributed by atoms with Gasteiger partial charge in [-0.1, -0.05) is 59.4 Å². The SMILES string of the molecule is C=C/C=C/C(C)(C)C(C)O[Si](C)(C)C(C)(C)C. The number of hydrogen-bond donors (Lipinski definition) is 0. The normalized spacial score (nSPS) is 16.2. The molecule has 0 aromatic rings. The van der Waals surface area contributed by atoms with Crippen LogP contribution >= 0.6 is 0 Å². The topological polar surface area (TPSA) is 9.23 Å². The van der Waals surface area contributed by atoms with E-state index in [-0.39, 0.29) is 16.6 Å². The molecular formula is C15H30OSi. The molecule has 0 saturated heterocycles. The van der Waals surface area contributed by atoms with E-state index in [1.165, 1.54) is 0 Å². The van der Waals surface area contributed by atoms with Gasteiger partial charge in [0.1, 0.15) is 0 Å². The van der Waals surface area contributed by atoms with Gasteiger partial charge in [0.2, 0.25) is 0 Å². The molecule has 0 aliphatic heterocycles. The summed E-state index contributed by atoms with van der Waals surface area (Å²) in [4.78, 5) is 0. The van der Waals surface area contributed by atoms with Gasteiger partial charge in [-0.15, -0.1) is 0 Å². The van der Waals surface area contributed by atoms with Crippen LogP contribution in [0.5, 0.6) is 0 Å². The third-order valence-corrected chi connectivity index (χ3v) is 8.54. The van der Waals surface area contributed by atoms with Gasteiger partial charge >= 0.3 is 0 Å². The van der Waals surface area contributed by atoms with Crippen LogP contribution in [0, 0.1) is 5.41 Å². The van der Waals surface area contributed by atoms with Gasteiger partial charge in [0.05, 0.1) is 6.10 Å². The molecular weight excluding hydrogens is 224 g/mol. The van der Waals surface area contributed by atoms with Crippen LogP contribution in [0.2, 0.25) is 18.1 Å². The highest BCUT2D eigenvalue weighted by Crippen LogP contribution is 2.39. The maximum atomic E-state index is 6.42. The first kappa shape index (κ1) is 16.7. The Kier molecular flexibility index (Phi) is 5.42. The quantitative estimate of drug-likeness (QED) is 0.486. The zero-order chi connectivity index (χ0) is 13.9. The minimum Gasteiger partial charge on any atom is -0.413 e. The Hall–Kier alpha value is -0.343. The fourth-order valence-electron chi connectivity index (χ4n) is 1.22. The van der Waals surface area contributed by atoms with Crippen LogP contribution in [-0.4, -0.2) is 14.4 Å². The van der Waals surface area contributed by atoms with Crippen LogP contribution < -0.4 is 0 Å². The molecule has 2 heteroatoms. The summed E-state index contributed by atoms with van der Waals surface area (Å²) in [5, 5.41) is 0.263. The number of allylic oxidation sites excluding steroid dienone is 2. The Labute approximate surface area is 109 Å². The first-order chi connectivity index (χ1) is 7.44. The van der Waals surface area contributed by atoms with Crippen molar-refractivity contribution in [1.82, 2.24) is 0 Å². The lowest BCUT2D eigenvalue weighted by molar-refractivity contribution is 0.108. The molecule has 0 bridgehead atoms. The minimum absolute atomic E-state index is 0.0453. The largest absolute Gasteiger partial charge is 0.413 e. The van der Waals surface area contributed by atoms with Crippen molar-refractivity contribution < 1.29 is 4.43 Å². The van der Waals surface area contributed by atoms with Gasteiger partial charge in [0, 0.05) is 5.41 Å². The van der Waals surface area contributed by atoms with Gasteiger partial charge in [0.25, 0.3) is 0 Å². The van der Waals surface area contributed by atoms with Crippen LogP contribution in [0.1, 0.15) is 41.5 Å². The van der Waals surface area contributed by atoms with Crippen molar-refractivity contribution >= 4 is 8.32 Å². The van der Waals surface area contributed by atoms with E-state index in [9.17, 15) is 0 Å². The first-order valence-electron chi connectivity index (χ1n) is 6.42. The predicted octanol–water partition coefficient (Wildman–Crippen LogP) is 5.17. The van der Waals surface area contributed by atoms with E-state index in [1.54, 1.807) is 0 Å². The number of rotatable bonds is 5. The first-order valence-corrected chi connectivity index (χ1v) is 9.33. The Bertz CT molecular complexity index is 282. The van der Waals surface area contributed by atoms with Crippen molar-refractivity contribution in [2.75, 3.05) is 0 Å². The zero-order valence-electron chi connectivity index (χ0n) is 12.9. The molecule has 0 aliphatic carbocycles. The number of hydrogen-bond acceptors (Lipinski definition) is 1. The second-order valence-corrected chi connectivity index (χ2v) is 11.7. The highest BCUT2D eigenvalue weighted by molar-refractivity contribution is 6.74. The summed E-state index contributed by atoms with van der Waals surface area (Å²) >= 11 is 0. The van der Waals surface area contributed by atoms with E-state index in [0.717, 1.165) is 0 Å². The molecule has 0 saturated carbocycles. The molecule has 0 rings (SSSR count). The van der Waals surface area contributed by atoms with Crippen molar-refractivity contribution in [2.24, 2.45) is 5.41 Å². The van der Waals surface area contributed by atoms with E-state index in [2.05, 4.69) is 67.3 Å². The third kappa shape index (κ3) is 4.80.